The number of carboxylic acid groups (broad SMARTS) is 1. The van der Waals surface area contributed by atoms with E-state index in [1.165, 1.54) is 16.0 Å². The maximum atomic E-state index is 13.0. The number of carboxylic acids is 1. The van der Waals surface area contributed by atoms with Crippen LogP contribution in [0.15, 0.2) is 66.7 Å². The zero-order valence-corrected chi connectivity index (χ0v) is 22.7. The average molecular weight is 516 g/mol. The molecule has 3 aromatic carbocycles. The Balaban J connectivity index is 1.38. The second-order valence-corrected chi connectivity index (χ2v) is 10.7. The van der Waals surface area contributed by atoms with Crippen molar-refractivity contribution in [2.75, 3.05) is 13.7 Å². The van der Waals surface area contributed by atoms with E-state index < -0.39 is 5.97 Å². The third-order valence-corrected chi connectivity index (χ3v) is 7.08. The maximum Gasteiger partial charge on any atom is 0.323 e. The minimum atomic E-state index is -1.03. The van der Waals surface area contributed by atoms with E-state index in [0.717, 1.165) is 35.3 Å². The number of methoxy groups -OCH3 is 1. The van der Waals surface area contributed by atoms with Gasteiger partial charge in [0.1, 0.15) is 23.6 Å². The smallest absolute Gasteiger partial charge is 0.323 e. The van der Waals surface area contributed by atoms with Crippen LogP contribution < -0.4 is 9.47 Å². The number of aryl methyl sites for hydroxylation is 1. The molecule has 1 heterocycles. The summed E-state index contributed by atoms with van der Waals surface area (Å²) in [5, 5.41) is 9.36. The molecule has 6 heteroatoms. The number of aliphatic carboxylic acids is 1. The van der Waals surface area contributed by atoms with Gasteiger partial charge in [-0.25, -0.2) is 0 Å². The second kappa shape index (κ2) is 11.7. The number of amides is 1. The number of hydrogen-bond acceptors (Lipinski definition) is 4. The lowest BCUT2D eigenvalue weighted by molar-refractivity contribution is -0.144. The molecule has 1 amide bonds. The van der Waals surface area contributed by atoms with Gasteiger partial charge >= 0.3 is 5.97 Å². The SMILES string of the molecule is COc1cccc(CN(CC(=O)O)C(=O)CCc2ccc3c(c2)CC(C)(Cc2ccc(C(C)C)cc2)O3)c1. The van der Waals surface area contributed by atoms with Crippen molar-refractivity contribution < 1.29 is 24.2 Å². The molecule has 0 aliphatic carbocycles. The van der Waals surface area contributed by atoms with Crippen LogP contribution in [0.5, 0.6) is 11.5 Å². The van der Waals surface area contributed by atoms with E-state index in [1.807, 2.05) is 36.4 Å². The molecule has 38 heavy (non-hydrogen) atoms. The number of carbonyl (C=O) groups is 2. The monoisotopic (exact) mass is 515 g/mol. The molecule has 4 rings (SSSR count). The van der Waals surface area contributed by atoms with Crippen LogP contribution in [0, 0.1) is 0 Å². The Morgan fingerprint density at radius 1 is 1.03 bits per heavy atom. The van der Waals surface area contributed by atoms with Crippen LogP contribution in [0.1, 0.15) is 60.9 Å². The molecule has 0 saturated carbocycles. The minimum absolute atomic E-state index is 0.193. The Morgan fingerprint density at radius 3 is 2.45 bits per heavy atom. The Labute approximate surface area is 225 Å². The van der Waals surface area contributed by atoms with Crippen LogP contribution in [0.25, 0.3) is 0 Å². The van der Waals surface area contributed by atoms with Crippen molar-refractivity contribution in [1.29, 1.82) is 0 Å². The highest BCUT2D eigenvalue weighted by Crippen LogP contribution is 2.38. The van der Waals surface area contributed by atoms with E-state index in [9.17, 15) is 14.7 Å². The fraction of sp³-hybridized carbons (Fsp3) is 0.375. The fourth-order valence-electron chi connectivity index (χ4n) is 5.08. The molecule has 3 aromatic rings. The predicted molar refractivity (Wildman–Crippen MR) is 148 cm³/mol. The Hall–Kier alpha value is -3.80. The summed E-state index contributed by atoms with van der Waals surface area (Å²) in [7, 11) is 1.58. The van der Waals surface area contributed by atoms with Crippen molar-refractivity contribution >= 4 is 11.9 Å². The van der Waals surface area contributed by atoms with Crippen molar-refractivity contribution in [2.45, 2.75) is 64.5 Å². The van der Waals surface area contributed by atoms with Crippen LogP contribution in [0.2, 0.25) is 0 Å². The van der Waals surface area contributed by atoms with Crippen LogP contribution in [0.3, 0.4) is 0 Å². The number of fused-ring (bicyclic) bond motifs is 1. The highest BCUT2D eigenvalue weighted by Gasteiger charge is 2.35. The summed E-state index contributed by atoms with van der Waals surface area (Å²) in [6, 6.07) is 22.2. The summed E-state index contributed by atoms with van der Waals surface area (Å²) in [5.74, 6) is 0.850. The van der Waals surface area contributed by atoms with Gasteiger partial charge in [0, 0.05) is 25.8 Å². The first-order valence-electron chi connectivity index (χ1n) is 13.2. The van der Waals surface area contributed by atoms with Crippen LogP contribution in [0.4, 0.5) is 0 Å². The lowest BCUT2D eigenvalue weighted by atomic mass is 9.90. The summed E-state index contributed by atoms with van der Waals surface area (Å²) in [4.78, 5) is 25.8. The lowest BCUT2D eigenvalue weighted by Crippen LogP contribution is -2.35. The topological polar surface area (TPSA) is 76.1 Å². The summed E-state index contributed by atoms with van der Waals surface area (Å²) in [6.07, 6.45) is 2.39. The number of rotatable bonds is 11. The number of benzene rings is 3. The third kappa shape index (κ3) is 6.94. The van der Waals surface area contributed by atoms with E-state index in [1.54, 1.807) is 7.11 Å². The van der Waals surface area contributed by atoms with Crippen LogP contribution in [-0.4, -0.2) is 41.1 Å². The minimum Gasteiger partial charge on any atom is -0.497 e. The molecule has 0 aromatic heterocycles. The van der Waals surface area contributed by atoms with E-state index in [2.05, 4.69) is 51.1 Å². The number of nitrogens with zero attached hydrogens (tertiary/aromatic N) is 1. The molecular weight excluding hydrogens is 478 g/mol. The highest BCUT2D eigenvalue weighted by atomic mass is 16.5. The van der Waals surface area contributed by atoms with E-state index in [4.69, 9.17) is 9.47 Å². The second-order valence-electron chi connectivity index (χ2n) is 10.7. The molecule has 1 atom stereocenters. The first kappa shape index (κ1) is 27.2. The Morgan fingerprint density at radius 2 is 1.76 bits per heavy atom. The first-order chi connectivity index (χ1) is 18.1. The van der Waals surface area contributed by atoms with Gasteiger partial charge in [0.2, 0.25) is 5.91 Å². The number of carbonyl (C=O) groups excluding carboxylic acids is 1. The van der Waals surface area contributed by atoms with E-state index >= 15 is 0 Å². The van der Waals surface area contributed by atoms with Gasteiger partial charge in [-0.05, 0) is 65.3 Å². The fourth-order valence-corrected chi connectivity index (χ4v) is 5.08. The maximum absolute atomic E-state index is 13.0. The Bertz CT molecular complexity index is 1280. The van der Waals surface area contributed by atoms with Gasteiger partial charge in [0.05, 0.1) is 7.11 Å². The van der Waals surface area contributed by atoms with Crippen molar-refractivity contribution in [3.8, 4) is 11.5 Å². The van der Waals surface area contributed by atoms with Crippen molar-refractivity contribution in [2.24, 2.45) is 0 Å². The largest absolute Gasteiger partial charge is 0.497 e. The summed E-state index contributed by atoms with van der Waals surface area (Å²) >= 11 is 0. The van der Waals surface area contributed by atoms with Crippen LogP contribution >= 0.6 is 0 Å². The van der Waals surface area contributed by atoms with Gasteiger partial charge in [-0.15, -0.1) is 0 Å². The molecule has 1 N–H and O–H groups in total. The van der Waals surface area contributed by atoms with Gasteiger partial charge < -0.3 is 19.5 Å². The zero-order valence-electron chi connectivity index (χ0n) is 22.7. The van der Waals surface area contributed by atoms with Gasteiger partial charge in [-0.1, -0.05) is 62.4 Å². The highest BCUT2D eigenvalue weighted by molar-refractivity contribution is 5.81. The van der Waals surface area contributed by atoms with Crippen LogP contribution in [-0.2, 0) is 35.4 Å². The molecule has 0 spiro atoms. The van der Waals surface area contributed by atoms with Crippen molar-refractivity contribution in [3.05, 3.63) is 94.5 Å². The summed E-state index contributed by atoms with van der Waals surface area (Å²) < 4.78 is 11.6. The zero-order chi connectivity index (χ0) is 27.3. The lowest BCUT2D eigenvalue weighted by Gasteiger charge is -2.24. The number of hydrogen-bond donors (Lipinski definition) is 1. The molecule has 0 bridgehead atoms. The van der Waals surface area contributed by atoms with Gasteiger partial charge in [-0.2, -0.15) is 0 Å². The number of ether oxygens (including phenoxy) is 2. The molecule has 0 radical (unpaired) electrons. The molecule has 1 aliphatic heterocycles. The predicted octanol–water partition coefficient (Wildman–Crippen LogP) is 5.80. The van der Waals surface area contributed by atoms with E-state index in [0.29, 0.717) is 18.1 Å². The molecule has 1 aliphatic rings. The molecule has 200 valence electrons. The standard InChI is InChI=1S/C32H37NO5/c1-22(2)26-12-8-24(9-13-26)18-32(3)19-27-16-23(10-14-29(27)38-32)11-15-30(34)33(21-31(35)36)20-25-6-5-7-28(17-25)37-4/h5-10,12-14,16-17,22H,11,15,18-21H2,1-4H3,(H,35,36). The van der Waals surface area contributed by atoms with Gasteiger partial charge in [0.25, 0.3) is 0 Å². The summed E-state index contributed by atoms with van der Waals surface area (Å²) in [6.45, 7) is 6.42. The Kier molecular flexibility index (Phi) is 8.40. The quantitative estimate of drug-likeness (QED) is 0.349. The van der Waals surface area contributed by atoms with E-state index in [-0.39, 0.29) is 31.0 Å². The molecule has 6 nitrogen and oxygen atoms in total. The normalized spacial score (nSPS) is 16.1. The average Bonchev–Trinajstić information content (AvgIpc) is 3.21. The molecule has 0 fully saturated rings. The van der Waals surface area contributed by atoms with Gasteiger partial charge in [-0.3, -0.25) is 9.59 Å². The molecule has 1 unspecified atom stereocenters. The van der Waals surface area contributed by atoms with Gasteiger partial charge in [0.15, 0.2) is 0 Å². The molecule has 0 saturated heterocycles. The van der Waals surface area contributed by atoms with Crippen molar-refractivity contribution in [1.82, 2.24) is 4.90 Å². The first-order valence-corrected chi connectivity index (χ1v) is 13.2. The third-order valence-electron chi connectivity index (χ3n) is 7.08. The molecular formula is C32H37NO5. The van der Waals surface area contributed by atoms with Crippen molar-refractivity contribution in [3.63, 3.8) is 0 Å². The summed E-state index contributed by atoms with van der Waals surface area (Å²) in [5.41, 5.74) is 5.29.